The van der Waals surface area contributed by atoms with Crippen LogP contribution < -0.4 is 20.1 Å². The summed E-state index contributed by atoms with van der Waals surface area (Å²) in [5.74, 6) is 0.148. The fourth-order valence-electron chi connectivity index (χ4n) is 6.53. The number of rotatable bonds is 3. The lowest BCUT2D eigenvalue weighted by molar-refractivity contribution is 0.0935. The molecule has 7 rings (SSSR count). The molecule has 4 bridgehead atoms. The molecule has 0 aliphatic carbocycles. The van der Waals surface area contributed by atoms with Crippen LogP contribution in [0.1, 0.15) is 73.3 Å². The van der Waals surface area contributed by atoms with Crippen molar-refractivity contribution in [2.45, 2.75) is 63.4 Å². The lowest BCUT2D eigenvalue weighted by Crippen LogP contribution is -2.38. The standard InChI is InChI=1S/C33H42FN5O4/c1-41-32-25(34)9-6-10-26(32)37-31-28-29-22(20-36-33(28)40)8-7-19-42-18-5-3-2-4-15-39-16-12-23(13-17-39)43-27-21-35-14-11-24(27)30(31)38-29/h6,9-11,14,21-23,37-38H,2-5,7-8,12-13,15-20H2,1H3,(H,36,40). The van der Waals surface area contributed by atoms with Crippen LogP contribution in [0.5, 0.6) is 11.5 Å². The van der Waals surface area contributed by atoms with Crippen LogP contribution in [0.25, 0.3) is 11.3 Å². The van der Waals surface area contributed by atoms with E-state index >= 15 is 0 Å². The largest absolute Gasteiger partial charge is 0.492 e. The lowest BCUT2D eigenvalue weighted by atomic mass is 9.92. The minimum atomic E-state index is -0.486. The molecular weight excluding hydrogens is 549 g/mol. The van der Waals surface area contributed by atoms with E-state index in [1.54, 1.807) is 24.5 Å². The van der Waals surface area contributed by atoms with Crippen LogP contribution in [0.3, 0.4) is 0 Å². The molecule has 1 fully saturated rings. The second-order valence-corrected chi connectivity index (χ2v) is 11.7. The summed E-state index contributed by atoms with van der Waals surface area (Å²) < 4.78 is 32.7. The number of benzene rings is 1. The van der Waals surface area contributed by atoms with E-state index in [9.17, 15) is 9.18 Å². The van der Waals surface area contributed by atoms with Crippen LogP contribution in [0.4, 0.5) is 15.8 Å². The molecule has 0 spiro atoms. The van der Waals surface area contributed by atoms with Crippen molar-refractivity contribution in [3.8, 4) is 22.8 Å². The summed E-state index contributed by atoms with van der Waals surface area (Å²) in [5, 5.41) is 6.45. The molecule has 9 nitrogen and oxygen atoms in total. The van der Waals surface area contributed by atoms with Gasteiger partial charge in [-0.2, -0.15) is 0 Å². The van der Waals surface area contributed by atoms with Crippen molar-refractivity contribution in [2.24, 2.45) is 0 Å². The molecule has 43 heavy (non-hydrogen) atoms. The highest BCUT2D eigenvalue weighted by atomic mass is 19.1. The number of nitrogens with zero attached hydrogens (tertiary/aromatic N) is 2. The zero-order valence-corrected chi connectivity index (χ0v) is 24.9. The minimum Gasteiger partial charge on any atom is -0.492 e. The van der Waals surface area contributed by atoms with Gasteiger partial charge in [0.25, 0.3) is 5.91 Å². The van der Waals surface area contributed by atoms with Crippen molar-refractivity contribution >= 4 is 17.3 Å². The molecule has 3 N–H and O–H groups in total. The average Bonchev–Trinajstić information content (AvgIpc) is 3.40. The zero-order chi connectivity index (χ0) is 29.6. The number of hydrogen-bond donors (Lipinski definition) is 3. The number of piperidine rings is 1. The van der Waals surface area contributed by atoms with E-state index < -0.39 is 5.82 Å². The summed E-state index contributed by atoms with van der Waals surface area (Å²) in [7, 11) is 1.44. The Morgan fingerprint density at radius 1 is 1.05 bits per heavy atom. The molecule has 4 aliphatic heterocycles. The SMILES string of the molecule is COc1c(F)cccc1Nc1c2[nH]c3c1C(=O)NCC3CCCOCCCCCCN1CCC(CC1)Oc1cnccc1-2. The Morgan fingerprint density at radius 3 is 2.74 bits per heavy atom. The van der Waals surface area contributed by atoms with Crippen LogP contribution in [0.15, 0.2) is 36.7 Å². The number of halogens is 1. The average molecular weight is 592 g/mol. The molecule has 1 unspecified atom stereocenters. The van der Waals surface area contributed by atoms with Crippen LogP contribution in [0, 0.1) is 5.82 Å². The summed E-state index contributed by atoms with van der Waals surface area (Å²) in [6.07, 6.45) is 11.9. The van der Waals surface area contributed by atoms with Crippen molar-refractivity contribution in [3.05, 3.63) is 53.7 Å². The molecule has 10 heteroatoms. The number of nitrogens with one attached hydrogen (secondary N) is 3. The molecule has 1 aromatic carbocycles. The number of anilines is 2. The number of aromatic amines is 1. The van der Waals surface area contributed by atoms with Crippen molar-refractivity contribution in [2.75, 3.05) is 51.8 Å². The third kappa shape index (κ3) is 6.65. The van der Waals surface area contributed by atoms with E-state index in [1.807, 2.05) is 6.07 Å². The van der Waals surface area contributed by atoms with Crippen molar-refractivity contribution < 1.29 is 23.4 Å². The van der Waals surface area contributed by atoms with Crippen LogP contribution >= 0.6 is 0 Å². The van der Waals surface area contributed by atoms with E-state index in [-0.39, 0.29) is 23.7 Å². The highest BCUT2D eigenvalue weighted by Crippen LogP contribution is 2.44. The molecule has 1 amide bonds. The predicted molar refractivity (Wildman–Crippen MR) is 164 cm³/mol. The number of ether oxygens (including phenoxy) is 3. The number of fused-ring (bicyclic) bond motifs is 11. The second kappa shape index (κ2) is 13.8. The molecule has 6 heterocycles. The number of methoxy groups -OCH3 is 1. The van der Waals surface area contributed by atoms with Gasteiger partial charge in [0, 0.05) is 56.2 Å². The van der Waals surface area contributed by atoms with Gasteiger partial charge in [0.2, 0.25) is 0 Å². The van der Waals surface area contributed by atoms with Gasteiger partial charge in [0.05, 0.1) is 35.9 Å². The Bertz CT molecular complexity index is 1400. The minimum absolute atomic E-state index is 0.0737. The first kappa shape index (κ1) is 29.4. The number of H-pyrrole nitrogens is 1. The fourth-order valence-corrected chi connectivity index (χ4v) is 6.53. The van der Waals surface area contributed by atoms with E-state index in [0.29, 0.717) is 41.5 Å². The maximum atomic E-state index is 14.7. The topological polar surface area (TPSA) is 101 Å². The second-order valence-electron chi connectivity index (χ2n) is 11.7. The summed E-state index contributed by atoms with van der Waals surface area (Å²) in [6, 6.07) is 6.62. The molecule has 1 atom stereocenters. The molecule has 0 saturated carbocycles. The van der Waals surface area contributed by atoms with Gasteiger partial charge in [0.15, 0.2) is 11.6 Å². The Hall–Kier alpha value is -3.63. The van der Waals surface area contributed by atoms with Gasteiger partial charge < -0.3 is 34.7 Å². The summed E-state index contributed by atoms with van der Waals surface area (Å²) in [6.45, 7) is 5.16. The highest BCUT2D eigenvalue weighted by molar-refractivity contribution is 6.07. The van der Waals surface area contributed by atoms with Crippen LogP contribution in [-0.2, 0) is 4.74 Å². The molecular formula is C33H42FN5O4. The Morgan fingerprint density at radius 2 is 1.88 bits per heavy atom. The maximum Gasteiger partial charge on any atom is 0.255 e. The van der Waals surface area contributed by atoms with E-state index in [2.05, 4.69) is 25.5 Å². The third-order valence-electron chi connectivity index (χ3n) is 8.84. The van der Waals surface area contributed by atoms with Crippen LogP contribution in [0.2, 0.25) is 0 Å². The molecule has 4 aliphatic rings. The lowest BCUT2D eigenvalue weighted by Gasteiger charge is -2.32. The zero-order valence-electron chi connectivity index (χ0n) is 24.9. The van der Waals surface area contributed by atoms with Gasteiger partial charge in [-0.15, -0.1) is 0 Å². The monoisotopic (exact) mass is 591 g/mol. The quantitative estimate of drug-likeness (QED) is 0.343. The maximum absolute atomic E-state index is 14.7. The Kier molecular flexibility index (Phi) is 9.43. The van der Waals surface area contributed by atoms with Gasteiger partial charge in [-0.25, -0.2) is 4.39 Å². The van der Waals surface area contributed by atoms with E-state index in [0.717, 1.165) is 69.6 Å². The van der Waals surface area contributed by atoms with E-state index in [1.165, 1.54) is 32.4 Å². The van der Waals surface area contributed by atoms with E-state index in [4.69, 9.17) is 14.2 Å². The number of carbonyl (C=O) groups excluding carboxylic acids is 1. The third-order valence-corrected chi connectivity index (χ3v) is 8.84. The fraction of sp³-hybridized carbons (Fsp3) is 0.515. The molecule has 0 radical (unpaired) electrons. The first-order valence-electron chi connectivity index (χ1n) is 15.7. The summed E-state index contributed by atoms with van der Waals surface area (Å²) >= 11 is 0. The number of aromatic nitrogens is 2. The van der Waals surface area contributed by atoms with Crippen molar-refractivity contribution in [1.29, 1.82) is 0 Å². The number of pyridine rings is 1. The van der Waals surface area contributed by atoms with Gasteiger partial charge in [-0.3, -0.25) is 9.78 Å². The van der Waals surface area contributed by atoms with Gasteiger partial charge in [-0.05, 0) is 63.3 Å². The van der Waals surface area contributed by atoms with Crippen LogP contribution in [-0.4, -0.2) is 73.4 Å². The number of hydrogen-bond acceptors (Lipinski definition) is 7. The smallest absolute Gasteiger partial charge is 0.255 e. The predicted octanol–water partition coefficient (Wildman–Crippen LogP) is 6.01. The molecule has 2 aromatic heterocycles. The number of carbonyl (C=O) groups is 1. The Labute approximate surface area is 252 Å². The molecule has 1 saturated heterocycles. The van der Waals surface area contributed by atoms with Crippen molar-refractivity contribution in [1.82, 2.24) is 20.2 Å². The van der Waals surface area contributed by atoms with Crippen molar-refractivity contribution in [3.63, 3.8) is 0 Å². The first-order valence-corrected chi connectivity index (χ1v) is 15.7. The van der Waals surface area contributed by atoms with Gasteiger partial charge >= 0.3 is 0 Å². The highest BCUT2D eigenvalue weighted by Gasteiger charge is 2.34. The summed E-state index contributed by atoms with van der Waals surface area (Å²) in [4.78, 5) is 24.0. The molecule has 3 aromatic rings. The number of para-hydroxylation sites is 1. The summed E-state index contributed by atoms with van der Waals surface area (Å²) in [5.41, 5.74) is 3.88. The van der Waals surface area contributed by atoms with Gasteiger partial charge in [0.1, 0.15) is 11.9 Å². The normalized spacial score (nSPS) is 23.3. The molecule has 230 valence electrons. The first-order chi connectivity index (χ1) is 21.1. The Balaban J connectivity index is 1.40. The van der Waals surface area contributed by atoms with Gasteiger partial charge in [-0.1, -0.05) is 18.9 Å². The number of amides is 1.